The largest absolute Gasteiger partial charge is 0.480 e. The summed E-state index contributed by atoms with van der Waals surface area (Å²) in [5, 5.41) is 13.6. The van der Waals surface area contributed by atoms with Crippen LogP contribution in [0.25, 0.3) is 22.2 Å². The Bertz CT molecular complexity index is 1200. The fourth-order valence-corrected chi connectivity index (χ4v) is 2.60. The molecule has 1 amide bonds. The normalized spacial score (nSPS) is 11.0. The number of aliphatic carboxylic acids is 1. The molecule has 28 heavy (non-hydrogen) atoms. The Morgan fingerprint density at radius 2 is 1.64 bits per heavy atom. The van der Waals surface area contributed by atoms with Crippen molar-refractivity contribution in [1.29, 1.82) is 0 Å². The van der Waals surface area contributed by atoms with Crippen molar-refractivity contribution >= 4 is 46.1 Å². The molecule has 0 radical (unpaired) electrons. The van der Waals surface area contributed by atoms with Crippen molar-refractivity contribution in [3.05, 3.63) is 47.8 Å². The van der Waals surface area contributed by atoms with Crippen molar-refractivity contribution in [3.8, 4) is 0 Å². The van der Waals surface area contributed by atoms with Crippen LogP contribution in [-0.2, 0) is 16.0 Å². The number of carboxylic acids is 1. The first-order chi connectivity index (χ1) is 13.5. The Kier molecular flexibility index (Phi) is 4.36. The van der Waals surface area contributed by atoms with Gasteiger partial charge in [-0.25, -0.2) is 4.39 Å². The number of fused-ring (bicyclic) bond motifs is 2. The van der Waals surface area contributed by atoms with Gasteiger partial charge < -0.3 is 19.3 Å². The van der Waals surface area contributed by atoms with Crippen LogP contribution < -0.4 is 10.6 Å². The zero-order chi connectivity index (χ0) is 19.7. The minimum atomic E-state index is -1.11. The van der Waals surface area contributed by atoms with Gasteiger partial charge in [0.05, 0.1) is 6.42 Å². The fraction of sp³-hybridized carbons (Fsp3) is 0.111. The number of hydrogen-bond donors (Lipinski definition) is 3. The number of carboxylic acid groups (broad SMARTS) is 1. The Hall–Kier alpha value is -3.95. The van der Waals surface area contributed by atoms with E-state index in [-0.39, 0.29) is 18.5 Å². The number of oxazole rings is 2. The van der Waals surface area contributed by atoms with E-state index in [2.05, 4.69) is 20.6 Å². The van der Waals surface area contributed by atoms with Gasteiger partial charge in [0.1, 0.15) is 23.4 Å². The smallest absolute Gasteiger partial charge is 0.322 e. The lowest BCUT2D eigenvalue weighted by Gasteiger charge is -2.02. The monoisotopic (exact) mass is 384 g/mol. The van der Waals surface area contributed by atoms with Crippen LogP contribution in [0.3, 0.4) is 0 Å². The molecule has 0 unspecified atom stereocenters. The van der Waals surface area contributed by atoms with Crippen LogP contribution in [0.1, 0.15) is 5.56 Å². The summed E-state index contributed by atoms with van der Waals surface area (Å²) in [6, 6.07) is 9.19. The molecule has 2 aromatic heterocycles. The summed E-state index contributed by atoms with van der Waals surface area (Å²) in [5.41, 5.74) is 2.38. The molecule has 0 bridgehead atoms. The number of anilines is 2. The van der Waals surface area contributed by atoms with Crippen molar-refractivity contribution in [2.45, 2.75) is 6.42 Å². The van der Waals surface area contributed by atoms with E-state index < -0.39 is 24.2 Å². The van der Waals surface area contributed by atoms with Gasteiger partial charge in [0.2, 0.25) is 5.91 Å². The molecule has 142 valence electrons. The summed E-state index contributed by atoms with van der Waals surface area (Å²) in [5.74, 6) is -1.95. The zero-order valence-corrected chi connectivity index (χ0v) is 14.2. The molecule has 0 aliphatic rings. The first kappa shape index (κ1) is 17.5. The van der Waals surface area contributed by atoms with E-state index in [4.69, 9.17) is 13.9 Å². The molecule has 0 atom stereocenters. The number of hydrogen-bond acceptors (Lipinski definition) is 7. The number of benzene rings is 2. The predicted octanol–water partition coefficient (Wildman–Crippen LogP) is 2.60. The molecule has 2 aromatic carbocycles. The van der Waals surface area contributed by atoms with Crippen LogP contribution in [0.5, 0.6) is 0 Å². The second kappa shape index (κ2) is 6.99. The molecular formula is C18H13FN4O5. The number of rotatable bonds is 6. The second-order valence-corrected chi connectivity index (χ2v) is 5.92. The van der Waals surface area contributed by atoms with Crippen LogP contribution in [0.2, 0.25) is 0 Å². The molecule has 0 saturated carbocycles. The lowest BCUT2D eigenvalue weighted by Crippen LogP contribution is -2.30. The highest BCUT2D eigenvalue weighted by Crippen LogP contribution is 2.25. The third-order valence-corrected chi connectivity index (χ3v) is 3.82. The highest BCUT2D eigenvalue weighted by atomic mass is 19.1. The van der Waals surface area contributed by atoms with E-state index in [1.54, 1.807) is 18.2 Å². The van der Waals surface area contributed by atoms with E-state index >= 15 is 0 Å². The number of carbonyl (C=O) groups excluding carboxylic acids is 1. The third kappa shape index (κ3) is 3.75. The van der Waals surface area contributed by atoms with Gasteiger partial charge in [-0.15, -0.1) is 0 Å². The maximum Gasteiger partial charge on any atom is 0.322 e. The highest BCUT2D eigenvalue weighted by Gasteiger charge is 2.13. The average molecular weight is 384 g/mol. The van der Waals surface area contributed by atoms with Crippen LogP contribution in [0.4, 0.5) is 16.4 Å². The molecule has 4 aromatic rings. The van der Waals surface area contributed by atoms with Gasteiger partial charge in [0.15, 0.2) is 11.2 Å². The minimum Gasteiger partial charge on any atom is -0.480 e. The molecule has 4 rings (SSSR count). The molecule has 3 N–H and O–H groups in total. The topological polar surface area (TPSA) is 130 Å². The van der Waals surface area contributed by atoms with E-state index in [1.807, 2.05) is 0 Å². The number of aromatic nitrogens is 2. The Morgan fingerprint density at radius 1 is 1.00 bits per heavy atom. The van der Waals surface area contributed by atoms with E-state index in [1.165, 1.54) is 18.2 Å². The molecule has 0 aliphatic heterocycles. The summed E-state index contributed by atoms with van der Waals surface area (Å²) in [6.45, 7) is -0.437. The van der Waals surface area contributed by atoms with Gasteiger partial charge in [-0.05, 0) is 29.8 Å². The van der Waals surface area contributed by atoms with Crippen molar-refractivity contribution in [1.82, 2.24) is 15.3 Å². The highest BCUT2D eigenvalue weighted by molar-refractivity contribution is 5.84. The maximum absolute atomic E-state index is 13.2. The van der Waals surface area contributed by atoms with Crippen LogP contribution in [0.15, 0.2) is 45.2 Å². The summed E-state index contributed by atoms with van der Waals surface area (Å²) in [6.07, 6.45) is 0.00946. The van der Waals surface area contributed by atoms with Crippen LogP contribution >= 0.6 is 0 Å². The quantitative estimate of drug-likeness (QED) is 0.462. The lowest BCUT2D eigenvalue weighted by molar-refractivity contribution is -0.137. The summed E-state index contributed by atoms with van der Waals surface area (Å²) in [4.78, 5) is 30.6. The van der Waals surface area contributed by atoms with E-state index in [0.29, 0.717) is 27.8 Å². The Morgan fingerprint density at radius 3 is 2.32 bits per heavy atom. The van der Waals surface area contributed by atoms with Gasteiger partial charge in [0, 0.05) is 6.07 Å². The molecule has 2 heterocycles. The molecule has 0 spiro atoms. The van der Waals surface area contributed by atoms with E-state index in [0.717, 1.165) is 0 Å². The fourth-order valence-electron chi connectivity index (χ4n) is 2.60. The first-order valence-electron chi connectivity index (χ1n) is 8.17. The van der Waals surface area contributed by atoms with Gasteiger partial charge in [0.25, 0.3) is 0 Å². The number of halogens is 1. The van der Waals surface area contributed by atoms with Crippen molar-refractivity contribution < 1.29 is 27.9 Å². The minimum absolute atomic E-state index is 0.00946. The van der Waals surface area contributed by atoms with Crippen molar-refractivity contribution in [2.24, 2.45) is 0 Å². The SMILES string of the molecule is O=C(O)CNC(=O)Cc1ccc2oc(Nc3nc4cc(F)ccc4o3)nc2c1. The summed E-state index contributed by atoms with van der Waals surface area (Å²) in [7, 11) is 0. The van der Waals surface area contributed by atoms with Gasteiger partial charge >= 0.3 is 18.0 Å². The standard InChI is InChI=1S/C18H13FN4O5/c19-10-2-4-14-12(7-10)22-18(28-14)23-17-21-11-5-9(1-3-13(11)27-17)6-15(24)20-8-16(25)26/h1-5,7H,6,8H2,(H,20,24)(H,25,26)(H,21,22,23). The zero-order valence-electron chi connectivity index (χ0n) is 14.2. The van der Waals surface area contributed by atoms with Crippen LogP contribution in [0, 0.1) is 5.82 Å². The Balaban J connectivity index is 1.50. The maximum atomic E-state index is 13.2. The first-order valence-corrected chi connectivity index (χ1v) is 8.17. The molecule has 0 saturated heterocycles. The van der Waals surface area contributed by atoms with Gasteiger partial charge in [-0.1, -0.05) is 6.07 Å². The number of amides is 1. The van der Waals surface area contributed by atoms with Gasteiger partial charge in [-0.3, -0.25) is 14.9 Å². The molecule has 0 aliphatic carbocycles. The Labute approximate surface area is 156 Å². The number of nitrogens with zero attached hydrogens (tertiary/aromatic N) is 2. The van der Waals surface area contributed by atoms with Gasteiger partial charge in [-0.2, -0.15) is 9.97 Å². The second-order valence-electron chi connectivity index (χ2n) is 5.92. The summed E-state index contributed by atoms with van der Waals surface area (Å²) < 4.78 is 24.2. The number of nitrogens with one attached hydrogen (secondary N) is 2. The molecular weight excluding hydrogens is 371 g/mol. The van der Waals surface area contributed by atoms with Crippen molar-refractivity contribution in [2.75, 3.05) is 11.9 Å². The van der Waals surface area contributed by atoms with E-state index in [9.17, 15) is 14.0 Å². The average Bonchev–Trinajstić information content (AvgIpc) is 3.22. The molecule has 0 fully saturated rings. The number of carbonyl (C=O) groups is 2. The lowest BCUT2D eigenvalue weighted by atomic mass is 10.1. The third-order valence-electron chi connectivity index (χ3n) is 3.82. The molecule has 9 nitrogen and oxygen atoms in total. The predicted molar refractivity (Wildman–Crippen MR) is 95.6 cm³/mol. The summed E-state index contributed by atoms with van der Waals surface area (Å²) >= 11 is 0. The van der Waals surface area contributed by atoms with Crippen molar-refractivity contribution in [3.63, 3.8) is 0 Å². The van der Waals surface area contributed by atoms with Crippen LogP contribution in [-0.4, -0.2) is 33.5 Å². The molecule has 10 heteroatoms.